The Balaban J connectivity index is 1.40. The molecule has 8 nitrogen and oxygen atoms in total. The van der Waals surface area contributed by atoms with E-state index in [4.69, 9.17) is 4.52 Å². The summed E-state index contributed by atoms with van der Waals surface area (Å²) >= 11 is 0. The van der Waals surface area contributed by atoms with Crippen LogP contribution in [-0.4, -0.2) is 46.1 Å². The number of urea groups is 1. The predicted octanol–water partition coefficient (Wildman–Crippen LogP) is 4.22. The van der Waals surface area contributed by atoms with Crippen molar-refractivity contribution < 1.29 is 18.5 Å². The van der Waals surface area contributed by atoms with Gasteiger partial charge in [0.05, 0.1) is 16.6 Å². The number of rotatable bonds is 4. The fourth-order valence-electron chi connectivity index (χ4n) is 3.86. The van der Waals surface area contributed by atoms with Crippen LogP contribution in [0.4, 0.5) is 14.9 Å². The third-order valence-electron chi connectivity index (χ3n) is 5.68. The predicted molar refractivity (Wildman–Crippen MR) is 118 cm³/mol. The number of hydrogen-bond acceptors (Lipinski definition) is 5. The highest BCUT2D eigenvalue weighted by Gasteiger charge is 2.28. The van der Waals surface area contributed by atoms with Gasteiger partial charge < -0.3 is 20.1 Å². The molecule has 9 heteroatoms. The van der Waals surface area contributed by atoms with Gasteiger partial charge in [-0.05, 0) is 56.0 Å². The maximum absolute atomic E-state index is 13.3. The van der Waals surface area contributed by atoms with E-state index in [9.17, 15) is 14.0 Å². The minimum absolute atomic E-state index is 0.0551. The average molecular weight is 439 g/mol. The number of benzene rings is 1. The van der Waals surface area contributed by atoms with Crippen molar-refractivity contribution in [1.82, 2.24) is 20.4 Å². The summed E-state index contributed by atoms with van der Waals surface area (Å²) in [5.74, 6) is -0.299. The van der Waals surface area contributed by atoms with Crippen LogP contribution in [0, 0.1) is 12.7 Å². The molecular formula is C23H26FN5O3. The van der Waals surface area contributed by atoms with Crippen LogP contribution in [0.2, 0.25) is 0 Å². The van der Waals surface area contributed by atoms with Gasteiger partial charge in [-0.1, -0.05) is 19.0 Å². The van der Waals surface area contributed by atoms with Crippen molar-refractivity contribution >= 4 is 28.7 Å². The third kappa shape index (κ3) is 4.56. The topological polar surface area (TPSA) is 100 Å². The third-order valence-corrected chi connectivity index (χ3v) is 5.68. The number of likely N-dealkylation sites (tertiary alicyclic amines) is 1. The number of halogens is 1. The number of hydrogen-bond donors (Lipinski definition) is 2. The lowest BCUT2D eigenvalue weighted by atomic mass is 10.0. The first-order chi connectivity index (χ1) is 15.3. The largest absolute Gasteiger partial charge is 0.338 e. The molecule has 0 bridgehead atoms. The van der Waals surface area contributed by atoms with Gasteiger partial charge in [-0.15, -0.1) is 0 Å². The van der Waals surface area contributed by atoms with E-state index < -0.39 is 0 Å². The van der Waals surface area contributed by atoms with Gasteiger partial charge in [0.1, 0.15) is 5.82 Å². The molecule has 168 valence electrons. The summed E-state index contributed by atoms with van der Waals surface area (Å²) in [6.45, 7) is 6.87. The Hall–Kier alpha value is -3.49. The number of fused-ring (bicyclic) bond motifs is 1. The van der Waals surface area contributed by atoms with Crippen molar-refractivity contribution in [3.05, 3.63) is 53.1 Å². The van der Waals surface area contributed by atoms with Gasteiger partial charge in [0.2, 0.25) is 0 Å². The zero-order valence-corrected chi connectivity index (χ0v) is 18.3. The van der Waals surface area contributed by atoms with E-state index in [1.807, 2.05) is 19.9 Å². The lowest BCUT2D eigenvalue weighted by molar-refractivity contribution is 0.0710. The smallest absolute Gasteiger partial charge is 0.319 e. The van der Waals surface area contributed by atoms with Crippen molar-refractivity contribution in [2.24, 2.45) is 0 Å². The van der Waals surface area contributed by atoms with E-state index in [1.165, 1.54) is 24.3 Å². The number of carbonyl (C=O) groups is 2. The van der Waals surface area contributed by atoms with Crippen molar-refractivity contribution in [1.29, 1.82) is 0 Å². The number of nitrogens with one attached hydrogen (secondary N) is 2. The summed E-state index contributed by atoms with van der Waals surface area (Å²) in [7, 11) is 0. The highest BCUT2D eigenvalue weighted by atomic mass is 19.1. The Morgan fingerprint density at radius 3 is 2.53 bits per heavy atom. The molecule has 2 aromatic heterocycles. The number of aromatic nitrogens is 2. The molecule has 0 radical (unpaired) electrons. The highest BCUT2D eigenvalue weighted by Crippen LogP contribution is 2.27. The van der Waals surface area contributed by atoms with Gasteiger partial charge in [0.25, 0.3) is 11.6 Å². The SMILES string of the molecule is Cc1noc2nc(C(C)C)cc(C(=O)N3CCC(NC(=O)Nc4ccc(F)cc4)CC3)c12. The van der Waals surface area contributed by atoms with Crippen LogP contribution < -0.4 is 10.6 Å². The van der Waals surface area contributed by atoms with Crippen LogP contribution in [0.3, 0.4) is 0 Å². The molecule has 2 N–H and O–H groups in total. The first-order valence-electron chi connectivity index (χ1n) is 10.7. The van der Waals surface area contributed by atoms with Gasteiger partial charge in [-0.2, -0.15) is 0 Å². The van der Waals surface area contributed by atoms with Crippen LogP contribution in [0.15, 0.2) is 34.9 Å². The summed E-state index contributed by atoms with van der Waals surface area (Å²) in [6, 6.07) is 7.02. The highest BCUT2D eigenvalue weighted by molar-refractivity contribution is 6.06. The second-order valence-electron chi connectivity index (χ2n) is 8.37. The fourth-order valence-corrected chi connectivity index (χ4v) is 3.86. The van der Waals surface area contributed by atoms with Gasteiger partial charge in [-0.3, -0.25) is 4.79 Å². The zero-order valence-electron chi connectivity index (χ0n) is 18.3. The van der Waals surface area contributed by atoms with E-state index in [0.29, 0.717) is 54.0 Å². The summed E-state index contributed by atoms with van der Waals surface area (Å²) < 4.78 is 18.3. The minimum Gasteiger partial charge on any atom is -0.338 e. The number of anilines is 1. The summed E-state index contributed by atoms with van der Waals surface area (Å²) in [4.78, 5) is 31.9. The first kappa shape index (κ1) is 21.7. The molecule has 32 heavy (non-hydrogen) atoms. The molecule has 0 spiro atoms. The van der Waals surface area contributed by atoms with Gasteiger partial charge in [0, 0.05) is 30.5 Å². The van der Waals surface area contributed by atoms with Crippen LogP contribution >= 0.6 is 0 Å². The summed E-state index contributed by atoms with van der Waals surface area (Å²) in [6.07, 6.45) is 1.27. The average Bonchev–Trinajstić information content (AvgIpc) is 3.15. The Bertz CT molecular complexity index is 1130. The molecule has 0 unspecified atom stereocenters. The summed E-state index contributed by atoms with van der Waals surface area (Å²) in [5, 5.41) is 10.3. The van der Waals surface area contributed by atoms with Crippen molar-refractivity contribution in [3.63, 3.8) is 0 Å². The molecule has 3 amide bonds. The summed E-state index contributed by atoms with van der Waals surface area (Å²) in [5.41, 5.74) is 2.87. The molecule has 0 saturated carbocycles. The molecule has 0 aliphatic carbocycles. The number of carbonyl (C=O) groups excluding carboxylic acids is 2. The van der Waals surface area contributed by atoms with Crippen LogP contribution in [0.5, 0.6) is 0 Å². The number of piperidine rings is 1. The number of nitrogens with zero attached hydrogens (tertiary/aromatic N) is 3. The van der Waals surface area contributed by atoms with Gasteiger partial charge >= 0.3 is 6.03 Å². The van der Waals surface area contributed by atoms with E-state index in [-0.39, 0.29) is 29.7 Å². The zero-order chi connectivity index (χ0) is 22.8. The second kappa shape index (κ2) is 8.94. The lowest BCUT2D eigenvalue weighted by Gasteiger charge is -2.32. The normalized spacial score (nSPS) is 14.7. The van der Waals surface area contributed by atoms with E-state index >= 15 is 0 Å². The van der Waals surface area contributed by atoms with E-state index in [0.717, 1.165) is 5.69 Å². The molecule has 3 aromatic rings. The molecule has 0 atom stereocenters. The maximum Gasteiger partial charge on any atom is 0.319 e. The number of aryl methyl sites for hydroxylation is 1. The van der Waals surface area contributed by atoms with Gasteiger partial charge in [-0.25, -0.2) is 14.2 Å². The molecule has 1 aliphatic rings. The quantitative estimate of drug-likeness (QED) is 0.634. The first-order valence-corrected chi connectivity index (χ1v) is 10.7. The number of pyridine rings is 1. The van der Waals surface area contributed by atoms with Crippen LogP contribution in [-0.2, 0) is 0 Å². The monoisotopic (exact) mass is 439 g/mol. The Morgan fingerprint density at radius 1 is 1.19 bits per heavy atom. The standard InChI is InChI=1S/C23H26FN5O3/c1-13(2)19-12-18(20-14(3)28-32-21(20)27-19)22(30)29-10-8-17(9-11-29)26-23(31)25-16-6-4-15(24)5-7-16/h4-7,12-13,17H,8-11H2,1-3H3,(H2,25,26,31). The van der Waals surface area contributed by atoms with E-state index in [2.05, 4.69) is 20.8 Å². The molecule has 4 rings (SSSR count). The van der Waals surface area contributed by atoms with Crippen molar-refractivity contribution in [3.8, 4) is 0 Å². The fraction of sp³-hybridized carbons (Fsp3) is 0.391. The molecule has 3 heterocycles. The van der Waals surface area contributed by atoms with Gasteiger partial charge in [0.15, 0.2) is 0 Å². The van der Waals surface area contributed by atoms with E-state index in [1.54, 1.807) is 11.8 Å². The van der Waals surface area contributed by atoms with Crippen LogP contribution in [0.25, 0.3) is 11.1 Å². The lowest BCUT2D eigenvalue weighted by Crippen LogP contribution is -2.47. The molecular weight excluding hydrogens is 413 g/mol. The molecule has 1 fully saturated rings. The maximum atomic E-state index is 13.3. The Labute approximate surface area is 185 Å². The Morgan fingerprint density at radius 2 is 1.88 bits per heavy atom. The van der Waals surface area contributed by atoms with Crippen molar-refractivity contribution in [2.45, 2.75) is 45.6 Å². The minimum atomic E-state index is -0.360. The molecule has 1 aromatic carbocycles. The number of amides is 3. The molecule has 1 saturated heterocycles. The molecule has 1 aliphatic heterocycles. The Kier molecular flexibility index (Phi) is 6.07. The van der Waals surface area contributed by atoms with Crippen molar-refractivity contribution in [2.75, 3.05) is 18.4 Å². The second-order valence-corrected chi connectivity index (χ2v) is 8.37. The van der Waals surface area contributed by atoms with Crippen LogP contribution in [0.1, 0.15) is 54.4 Å².